The minimum atomic E-state index is -0.855. The fourth-order valence-electron chi connectivity index (χ4n) is 3.24. The van der Waals surface area contributed by atoms with Crippen LogP contribution >= 0.6 is 0 Å². The number of hydrogen-bond acceptors (Lipinski definition) is 3. The second-order valence-corrected chi connectivity index (χ2v) is 5.58. The van der Waals surface area contributed by atoms with Crippen LogP contribution in [0, 0.1) is 0 Å². The summed E-state index contributed by atoms with van der Waals surface area (Å²) in [6.07, 6.45) is 1.40. The molecule has 108 valence electrons. The number of ketones is 1. The topological polar surface area (TPSA) is 43.4 Å². The number of fused-ring (bicyclic) bond motifs is 2. The van der Waals surface area contributed by atoms with E-state index in [0.29, 0.717) is 23.3 Å². The molecule has 0 saturated carbocycles. The molecule has 3 nitrogen and oxygen atoms in total. The molecule has 2 aliphatic rings. The maximum atomic E-state index is 13.0. The lowest BCUT2D eigenvalue weighted by Crippen LogP contribution is -2.32. The predicted octanol–water partition coefficient (Wildman–Crippen LogP) is 3.25. The molecule has 0 amide bonds. The normalized spacial score (nSPS) is 20.3. The molecule has 0 N–H and O–H groups in total. The smallest absolute Gasteiger partial charge is 0.326 e. The Labute approximate surface area is 128 Å². The fraction of sp³-hybridized carbons (Fsp3) is 0.158. The first-order chi connectivity index (χ1) is 10.8. The summed E-state index contributed by atoms with van der Waals surface area (Å²) >= 11 is 0. The summed E-state index contributed by atoms with van der Waals surface area (Å²) in [5, 5.41) is 0. The maximum absolute atomic E-state index is 13.0. The van der Waals surface area contributed by atoms with Crippen LogP contribution in [0.3, 0.4) is 0 Å². The molecule has 22 heavy (non-hydrogen) atoms. The molecule has 0 bridgehead atoms. The van der Waals surface area contributed by atoms with E-state index in [4.69, 9.17) is 4.74 Å². The molecule has 0 radical (unpaired) electrons. The molecule has 1 unspecified atom stereocenters. The molecular formula is C19H14O3. The number of carbonyl (C=O) groups excluding carboxylic acids is 2. The van der Waals surface area contributed by atoms with Crippen LogP contribution in [0.15, 0.2) is 60.4 Å². The van der Waals surface area contributed by atoms with E-state index in [0.717, 1.165) is 17.5 Å². The molecule has 0 aromatic heterocycles. The first kappa shape index (κ1) is 13.0. The fourth-order valence-corrected chi connectivity index (χ4v) is 3.24. The zero-order valence-electron chi connectivity index (χ0n) is 11.9. The van der Waals surface area contributed by atoms with E-state index < -0.39 is 11.9 Å². The van der Waals surface area contributed by atoms with E-state index in [-0.39, 0.29) is 5.78 Å². The molecule has 3 heteroatoms. The van der Waals surface area contributed by atoms with E-state index in [9.17, 15) is 9.59 Å². The zero-order valence-corrected chi connectivity index (χ0v) is 11.9. The van der Waals surface area contributed by atoms with Gasteiger partial charge in [-0.2, -0.15) is 0 Å². The number of carbonyl (C=O) groups is 2. The van der Waals surface area contributed by atoms with Crippen LogP contribution in [-0.2, 0) is 20.7 Å². The summed E-state index contributed by atoms with van der Waals surface area (Å²) in [5.41, 5.74) is 3.31. The van der Waals surface area contributed by atoms with Gasteiger partial charge in [-0.15, -0.1) is 0 Å². The molecule has 1 aliphatic heterocycles. The molecular weight excluding hydrogens is 276 g/mol. The molecule has 2 aromatic carbocycles. The number of allylic oxidation sites excluding steroid dienone is 2. The molecule has 1 atom stereocenters. The summed E-state index contributed by atoms with van der Waals surface area (Å²) < 4.78 is 5.50. The second kappa shape index (κ2) is 4.95. The highest BCUT2D eigenvalue weighted by Gasteiger charge is 2.41. The van der Waals surface area contributed by atoms with Gasteiger partial charge in [0.2, 0.25) is 0 Å². The Kier molecular flexibility index (Phi) is 2.93. The van der Waals surface area contributed by atoms with Gasteiger partial charge < -0.3 is 4.74 Å². The van der Waals surface area contributed by atoms with Crippen LogP contribution in [0.5, 0.6) is 0 Å². The minimum absolute atomic E-state index is 0.149. The predicted molar refractivity (Wildman–Crippen MR) is 82.0 cm³/mol. The lowest BCUT2D eigenvalue weighted by Gasteiger charge is -2.29. The van der Waals surface area contributed by atoms with Gasteiger partial charge in [-0.1, -0.05) is 54.6 Å². The number of ether oxygens (including phenoxy) is 1. The van der Waals surface area contributed by atoms with E-state index in [1.807, 2.05) is 42.5 Å². The average molecular weight is 290 g/mol. The van der Waals surface area contributed by atoms with Gasteiger partial charge in [-0.05, 0) is 23.1 Å². The van der Waals surface area contributed by atoms with Gasteiger partial charge in [-0.25, -0.2) is 0 Å². The van der Waals surface area contributed by atoms with Gasteiger partial charge in [0.05, 0.1) is 5.57 Å². The van der Waals surface area contributed by atoms with Crippen molar-refractivity contribution in [3.8, 4) is 0 Å². The molecule has 2 aromatic rings. The SMILES string of the molecule is O=C1OC2=C(C(=O)C1c1ccccc1)c1ccccc1CC2. The Hall–Kier alpha value is -2.68. The Morgan fingerprint density at radius 2 is 1.59 bits per heavy atom. The van der Waals surface area contributed by atoms with Gasteiger partial charge in [-0.3, -0.25) is 9.59 Å². The van der Waals surface area contributed by atoms with Gasteiger partial charge in [0, 0.05) is 6.42 Å². The van der Waals surface area contributed by atoms with Crippen molar-refractivity contribution in [2.45, 2.75) is 18.8 Å². The van der Waals surface area contributed by atoms with Crippen LogP contribution in [0.2, 0.25) is 0 Å². The summed E-state index contributed by atoms with van der Waals surface area (Å²) in [4.78, 5) is 25.3. The number of hydrogen-bond donors (Lipinski definition) is 0. The van der Waals surface area contributed by atoms with Gasteiger partial charge in [0.1, 0.15) is 11.7 Å². The first-order valence-corrected chi connectivity index (χ1v) is 7.38. The van der Waals surface area contributed by atoms with Crippen LogP contribution < -0.4 is 0 Å². The number of Topliss-reactive ketones (excluding diaryl/α,β-unsaturated/α-hetero) is 1. The van der Waals surface area contributed by atoms with Crippen molar-refractivity contribution < 1.29 is 14.3 Å². The Bertz CT molecular complexity index is 802. The summed E-state index contributed by atoms with van der Waals surface area (Å²) in [6.45, 7) is 0. The highest BCUT2D eigenvalue weighted by molar-refractivity contribution is 6.31. The molecule has 4 rings (SSSR count). The van der Waals surface area contributed by atoms with Gasteiger partial charge in [0.25, 0.3) is 0 Å². The van der Waals surface area contributed by atoms with Crippen LogP contribution in [0.25, 0.3) is 5.57 Å². The van der Waals surface area contributed by atoms with Crippen molar-refractivity contribution >= 4 is 17.3 Å². The molecule has 1 aliphatic carbocycles. The summed E-state index contributed by atoms with van der Waals surface area (Å²) in [6, 6.07) is 17.0. The van der Waals surface area contributed by atoms with E-state index in [2.05, 4.69) is 0 Å². The van der Waals surface area contributed by atoms with E-state index >= 15 is 0 Å². The monoisotopic (exact) mass is 290 g/mol. The Balaban J connectivity index is 1.85. The number of esters is 1. The Morgan fingerprint density at radius 1 is 0.864 bits per heavy atom. The van der Waals surface area contributed by atoms with Crippen molar-refractivity contribution in [1.29, 1.82) is 0 Å². The average Bonchev–Trinajstić information content (AvgIpc) is 2.55. The minimum Gasteiger partial charge on any atom is -0.429 e. The zero-order chi connectivity index (χ0) is 15.1. The third-order valence-electron chi connectivity index (χ3n) is 4.29. The molecule has 1 heterocycles. The number of benzene rings is 2. The van der Waals surface area contributed by atoms with Crippen molar-refractivity contribution in [2.75, 3.05) is 0 Å². The van der Waals surface area contributed by atoms with E-state index in [1.54, 1.807) is 12.1 Å². The second-order valence-electron chi connectivity index (χ2n) is 5.58. The number of rotatable bonds is 1. The third kappa shape index (κ3) is 1.90. The Morgan fingerprint density at radius 3 is 2.41 bits per heavy atom. The standard InChI is InChI=1S/C19H14O3/c20-18-16(13-7-2-1-3-8-13)19(21)22-15-11-10-12-6-4-5-9-14(12)17(15)18/h1-9,16H,10-11H2. The summed E-state index contributed by atoms with van der Waals surface area (Å²) in [5.74, 6) is -0.939. The molecule has 0 spiro atoms. The van der Waals surface area contributed by atoms with Gasteiger partial charge >= 0.3 is 5.97 Å². The quantitative estimate of drug-likeness (QED) is 0.598. The van der Waals surface area contributed by atoms with Crippen molar-refractivity contribution in [1.82, 2.24) is 0 Å². The first-order valence-electron chi connectivity index (χ1n) is 7.38. The van der Waals surface area contributed by atoms with Crippen molar-refractivity contribution in [3.63, 3.8) is 0 Å². The number of aryl methyl sites for hydroxylation is 1. The van der Waals surface area contributed by atoms with Gasteiger partial charge in [0.15, 0.2) is 5.78 Å². The maximum Gasteiger partial charge on any atom is 0.326 e. The van der Waals surface area contributed by atoms with Crippen LogP contribution in [0.4, 0.5) is 0 Å². The highest BCUT2D eigenvalue weighted by Crippen LogP contribution is 2.40. The lowest BCUT2D eigenvalue weighted by atomic mass is 9.80. The van der Waals surface area contributed by atoms with Crippen molar-refractivity contribution in [2.24, 2.45) is 0 Å². The lowest BCUT2D eigenvalue weighted by molar-refractivity contribution is -0.145. The van der Waals surface area contributed by atoms with Crippen LogP contribution in [-0.4, -0.2) is 11.8 Å². The van der Waals surface area contributed by atoms with E-state index in [1.165, 1.54) is 0 Å². The molecule has 0 fully saturated rings. The summed E-state index contributed by atoms with van der Waals surface area (Å²) in [7, 11) is 0. The molecule has 0 saturated heterocycles. The van der Waals surface area contributed by atoms with Crippen molar-refractivity contribution in [3.05, 3.63) is 77.0 Å². The van der Waals surface area contributed by atoms with Crippen LogP contribution in [0.1, 0.15) is 29.0 Å². The third-order valence-corrected chi connectivity index (χ3v) is 4.29. The highest BCUT2D eigenvalue weighted by atomic mass is 16.5. The largest absolute Gasteiger partial charge is 0.429 e.